The molecule has 1 aromatic carbocycles. The first kappa shape index (κ1) is 14.3. The van der Waals surface area contributed by atoms with Crippen molar-refractivity contribution in [2.45, 2.75) is 24.8 Å². The van der Waals surface area contributed by atoms with Crippen molar-refractivity contribution in [3.05, 3.63) is 47.9 Å². The molecule has 0 saturated carbocycles. The van der Waals surface area contributed by atoms with Crippen LogP contribution in [0.4, 0.5) is 5.69 Å². The van der Waals surface area contributed by atoms with Crippen LogP contribution < -0.4 is 4.90 Å². The Hall–Kier alpha value is -2.34. The van der Waals surface area contributed by atoms with Gasteiger partial charge in [-0.05, 0) is 32.0 Å². The van der Waals surface area contributed by atoms with Crippen molar-refractivity contribution in [3.8, 4) is 0 Å². The zero-order valence-corrected chi connectivity index (χ0v) is 13.7. The number of hydrogen-bond acceptors (Lipinski definition) is 4. The predicted octanol–water partition coefficient (Wildman–Crippen LogP) is 3.41. The lowest BCUT2D eigenvalue weighted by molar-refractivity contribution is 0.0979. The van der Waals surface area contributed by atoms with Gasteiger partial charge in [-0.15, -0.1) is 11.8 Å². The Morgan fingerprint density at radius 1 is 1.39 bits per heavy atom. The average molecular weight is 324 g/mol. The summed E-state index contributed by atoms with van der Waals surface area (Å²) in [5.74, 6) is 1.67. The van der Waals surface area contributed by atoms with E-state index in [1.165, 1.54) is 0 Å². The molecule has 0 fully saturated rings. The van der Waals surface area contributed by atoms with Gasteiger partial charge in [-0.3, -0.25) is 4.79 Å². The summed E-state index contributed by atoms with van der Waals surface area (Å²) in [7, 11) is 0. The third kappa shape index (κ3) is 2.39. The molecular formula is C17H16N4OS. The zero-order chi connectivity index (χ0) is 16.0. The molecule has 0 aliphatic carbocycles. The molecule has 116 valence electrons. The van der Waals surface area contributed by atoms with E-state index in [0.29, 0.717) is 11.2 Å². The third-order valence-corrected chi connectivity index (χ3v) is 5.27. The predicted molar refractivity (Wildman–Crippen MR) is 92.1 cm³/mol. The van der Waals surface area contributed by atoms with E-state index >= 15 is 0 Å². The van der Waals surface area contributed by atoms with E-state index in [4.69, 9.17) is 0 Å². The van der Waals surface area contributed by atoms with Crippen molar-refractivity contribution in [1.82, 2.24) is 15.0 Å². The van der Waals surface area contributed by atoms with Crippen LogP contribution in [0.3, 0.4) is 0 Å². The highest BCUT2D eigenvalue weighted by Gasteiger charge is 2.29. The fraction of sp³-hybridized carbons (Fsp3) is 0.235. The maximum absolute atomic E-state index is 13.1. The summed E-state index contributed by atoms with van der Waals surface area (Å²) in [5, 5.41) is 0. The van der Waals surface area contributed by atoms with Crippen LogP contribution in [0, 0.1) is 6.92 Å². The Kier molecular flexibility index (Phi) is 3.34. The maximum Gasteiger partial charge on any atom is 0.260 e. The molecule has 1 aliphatic heterocycles. The van der Waals surface area contributed by atoms with Crippen LogP contribution in [-0.2, 0) is 0 Å². The first-order chi connectivity index (χ1) is 11.1. The topological polar surface area (TPSA) is 61.9 Å². The lowest BCUT2D eigenvalue weighted by Crippen LogP contribution is -2.42. The van der Waals surface area contributed by atoms with Gasteiger partial charge >= 0.3 is 0 Å². The number of imidazole rings is 1. The summed E-state index contributed by atoms with van der Waals surface area (Å²) < 4.78 is 0. The summed E-state index contributed by atoms with van der Waals surface area (Å²) >= 11 is 1.79. The van der Waals surface area contributed by atoms with E-state index in [1.807, 2.05) is 36.1 Å². The van der Waals surface area contributed by atoms with Crippen LogP contribution in [0.25, 0.3) is 11.2 Å². The zero-order valence-electron chi connectivity index (χ0n) is 12.9. The Morgan fingerprint density at radius 2 is 2.22 bits per heavy atom. The molecule has 0 bridgehead atoms. The molecule has 0 saturated heterocycles. The quantitative estimate of drug-likeness (QED) is 0.745. The molecule has 1 amide bonds. The minimum atomic E-state index is -0.0214. The van der Waals surface area contributed by atoms with Crippen LogP contribution in [-0.4, -0.2) is 32.7 Å². The highest BCUT2D eigenvalue weighted by atomic mass is 32.2. The van der Waals surface area contributed by atoms with E-state index in [9.17, 15) is 4.79 Å². The third-order valence-electron chi connectivity index (χ3n) is 3.97. The number of nitrogens with zero attached hydrogens (tertiary/aromatic N) is 3. The molecule has 0 unspecified atom stereocenters. The van der Waals surface area contributed by atoms with E-state index in [0.717, 1.165) is 27.7 Å². The molecular weight excluding hydrogens is 308 g/mol. The normalized spacial score (nSPS) is 17.3. The van der Waals surface area contributed by atoms with Gasteiger partial charge in [-0.1, -0.05) is 12.1 Å². The second kappa shape index (κ2) is 5.38. The number of carbonyl (C=O) groups excluding carboxylic acids is 1. The molecule has 3 aromatic rings. The van der Waals surface area contributed by atoms with Crippen LogP contribution in [0.5, 0.6) is 0 Å². The van der Waals surface area contributed by atoms with Gasteiger partial charge in [0.2, 0.25) is 0 Å². The number of carbonyl (C=O) groups is 1. The van der Waals surface area contributed by atoms with Gasteiger partial charge in [0.15, 0.2) is 5.65 Å². The maximum atomic E-state index is 13.1. The summed E-state index contributed by atoms with van der Waals surface area (Å²) in [4.78, 5) is 27.8. The monoisotopic (exact) mass is 324 g/mol. The van der Waals surface area contributed by atoms with Gasteiger partial charge in [-0.2, -0.15) is 0 Å². The van der Waals surface area contributed by atoms with Gasteiger partial charge in [0, 0.05) is 22.9 Å². The molecule has 1 N–H and O–H groups in total. The molecule has 3 heterocycles. The van der Waals surface area contributed by atoms with E-state index < -0.39 is 0 Å². The Bertz CT molecular complexity index is 904. The Labute approximate surface area is 138 Å². The molecule has 1 aliphatic rings. The minimum absolute atomic E-state index is 0.0214. The Morgan fingerprint density at radius 3 is 3.09 bits per heavy atom. The van der Waals surface area contributed by atoms with E-state index in [-0.39, 0.29) is 11.9 Å². The fourth-order valence-corrected chi connectivity index (χ4v) is 3.95. The second-order valence-corrected chi connectivity index (χ2v) is 6.78. The van der Waals surface area contributed by atoms with Crippen molar-refractivity contribution in [2.75, 3.05) is 10.7 Å². The number of anilines is 1. The summed E-state index contributed by atoms with van der Waals surface area (Å²) in [6.07, 6.45) is 1.61. The summed E-state index contributed by atoms with van der Waals surface area (Å²) in [6.45, 7) is 3.95. The molecule has 2 aromatic heterocycles. The average Bonchev–Trinajstić information content (AvgIpc) is 2.93. The number of amides is 1. The highest BCUT2D eigenvalue weighted by Crippen LogP contribution is 2.37. The van der Waals surface area contributed by atoms with Crippen LogP contribution in [0.2, 0.25) is 0 Å². The fourth-order valence-electron chi connectivity index (χ4n) is 2.89. The van der Waals surface area contributed by atoms with Crippen molar-refractivity contribution < 1.29 is 4.79 Å². The van der Waals surface area contributed by atoms with Gasteiger partial charge in [0.05, 0.1) is 16.8 Å². The van der Waals surface area contributed by atoms with Crippen molar-refractivity contribution in [3.63, 3.8) is 0 Å². The lowest BCUT2D eigenvalue weighted by atomic mass is 10.1. The SMILES string of the molecule is Cc1nc2ncc(C(=O)N3c4ccccc4SC[C@@H]3C)cc2[nH]1. The molecule has 23 heavy (non-hydrogen) atoms. The summed E-state index contributed by atoms with van der Waals surface area (Å²) in [5.41, 5.74) is 2.99. The first-order valence-electron chi connectivity index (χ1n) is 7.51. The smallest absolute Gasteiger partial charge is 0.260 e. The number of rotatable bonds is 1. The highest BCUT2D eigenvalue weighted by molar-refractivity contribution is 7.99. The number of benzene rings is 1. The number of aryl methyl sites for hydroxylation is 1. The van der Waals surface area contributed by atoms with Gasteiger partial charge in [-0.25, -0.2) is 9.97 Å². The number of aromatic amines is 1. The van der Waals surface area contributed by atoms with E-state index in [2.05, 4.69) is 27.9 Å². The number of aromatic nitrogens is 3. The van der Waals surface area contributed by atoms with Crippen LogP contribution in [0.1, 0.15) is 23.1 Å². The number of pyridine rings is 1. The standard InChI is InChI=1S/C17H16N4OS/c1-10-9-23-15-6-4-3-5-14(15)21(10)17(22)12-7-13-16(18-8-12)20-11(2)19-13/h3-8,10H,9H2,1-2H3,(H,18,19,20)/t10-/m0/s1. The number of thioether (sulfide) groups is 1. The number of fused-ring (bicyclic) bond motifs is 2. The number of hydrogen-bond donors (Lipinski definition) is 1. The van der Waals surface area contributed by atoms with Gasteiger partial charge in [0.25, 0.3) is 5.91 Å². The molecule has 0 radical (unpaired) electrons. The van der Waals surface area contributed by atoms with Crippen molar-refractivity contribution >= 4 is 34.5 Å². The molecule has 0 spiro atoms. The minimum Gasteiger partial charge on any atom is -0.341 e. The molecule has 4 rings (SSSR count). The number of para-hydroxylation sites is 1. The van der Waals surface area contributed by atoms with Crippen molar-refractivity contribution in [1.29, 1.82) is 0 Å². The second-order valence-electron chi connectivity index (χ2n) is 5.72. The molecule has 1 atom stereocenters. The van der Waals surface area contributed by atoms with E-state index in [1.54, 1.807) is 18.0 Å². The molecule has 6 heteroatoms. The Balaban J connectivity index is 1.77. The lowest BCUT2D eigenvalue weighted by Gasteiger charge is -2.34. The largest absolute Gasteiger partial charge is 0.341 e. The van der Waals surface area contributed by atoms with Crippen LogP contribution in [0.15, 0.2) is 41.4 Å². The molecule has 5 nitrogen and oxygen atoms in total. The van der Waals surface area contributed by atoms with Gasteiger partial charge in [0.1, 0.15) is 5.82 Å². The van der Waals surface area contributed by atoms with Gasteiger partial charge < -0.3 is 9.88 Å². The summed E-state index contributed by atoms with van der Waals surface area (Å²) in [6, 6.07) is 10.0. The first-order valence-corrected chi connectivity index (χ1v) is 8.50. The number of H-pyrrole nitrogens is 1. The number of nitrogens with one attached hydrogen (secondary N) is 1. The van der Waals surface area contributed by atoms with Crippen LogP contribution >= 0.6 is 11.8 Å². The van der Waals surface area contributed by atoms with Crippen molar-refractivity contribution in [2.24, 2.45) is 0 Å².